The van der Waals surface area contributed by atoms with Gasteiger partial charge in [0.05, 0.1) is 12.0 Å². The maximum Gasteiger partial charge on any atom is 0.235 e. The number of aromatic nitrogens is 1. The molecule has 0 radical (unpaired) electrons. The van der Waals surface area contributed by atoms with Gasteiger partial charge in [0.15, 0.2) is 0 Å². The number of hydrogen-bond donors (Lipinski definition) is 2. The Hall–Kier alpha value is -3.58. The summed E-state index contributed by atoms with van der Waals surface area (Å²) in [5.74, 6) is 0.483. The van der Waals surface area contributed by atoms with Crippen LogP contribution in [0.5, 0.6) is 11.5 Å². The zero-order valence-electron chi connectivity index (χ0n) is 22.5. The zero-order chi connectivity index (χ0) is 27.0. The van der Waals surface area contributed by atoms with Gasteiger partial charge in [0.2, 0.25) is 11.8 Å². The van der Waals surface area contributed by atoms with Gasteiger partial charge >= 0.3 is 0 Å². The standard InChI is InChI=1S/C31H37N3O4/c1-5-14-33(4)15-16-34-27(36)13-11-25-28(20-8-7-9-21(35)17-20)29-24(19-31(25,3)30(34)37)23-18-22(38-6-2)10-12-26(23)32-29/h5,7-10,12,17-18,25,28,32,35H,1,6,11,13-16,19H2,2-4H3/t25?,28-,31+/m0/s1. The summed E-state index contributed by atoms with van der Waals surface area (Å²) in [5.41, 5.74) is 3.29. The minimum absolute atomic E-state index is 0.108. The molecule has 2 aromatic carbocycles. The Labute approximate surface area is 224 Å². The van der Waals surface area contributed by atoms with Crippen LogP contribution in [-0.2, 0) is 16.0 Å². The van der Waals surface area contributed by atoms with Crippen molar-refractivity contribution in [3.63, 3.8) is 0 Å². The fourth-order valence-electron chi connectivity index (χ4n) is 6.51. The Kier molecular flexibility index (Phi) is 7.05. The number of aromatic hydroxyl groups is 1. The molecule has 0 spiro atoms. The molecule has 1 unspecified atom stereocenters. The number of nitrogens with one attached hydrogen (secondary N) is 1. The first-order valence-corrected chi connectivity index (χ1v) is 13.5. The largest absolute Gasteiger partial charge is 0.508 e. The Morgan fingerprint density at radius 2 is 2.08 bits per heavy atom. The molecule has 2 amide bonds. The lowest BCUT2D eigenvalue weighted by Gasteiger charge is -2.45. The van der Waals surface area contributed by atoms with Crippen molar-refractivity contribution in [1.82, 2.24) is 14.8 Å². The second kappa shape index (κ2) is 10.3. The van der Waals surface area contributed by atoms with Crippen LogP contribution in [0.25, 0.3) is 10.9 Å². The van der Waals surface area contributed by atoms with Gasteiger partial charge in [-0.2, -0.15) is 0 Å². The Morgan fingerprint density at radius 3 is 2.82 bits per heavy atom. The molecule has 0 bridgehead atoms. The van der Waals surface area contributed by atoms with E-state index in [1.807, 2.05) is 57.3 Å². The number of phenols is 1. The number of rotatable bonds is 8. The van der Waals surface area contributed by atoms with E-state index in [1.54, 1.807) is 12.1 Å². The predicted molar refractivity (Wildman–Crippen MR) is 148 cm³/mol. The number of aromatic amines is 1. The van der Waals surface area contributed by atoms with Gasteiger partial charge in [-0.3, -0.25) is 14.5 Å². The average Bonchev–Trinajstić information content (AvgIpc) is 3.20. The van der Waals surface area contributed by atoms with Crippen molar-refractivity contribution >= 4 is 22.7 Å². The summed E-state index contributed by atoms with van der Waals surface area (Å²) in [6.45, 7) is 9.99. The highest BCUT2D eigenvalue weighted by Crippen LogP contribution is 2.55. The van der Waals surface area contributed by atoms with E-state index in [9.17, 15) is 14.7 Å². The molecule has 1 aliphatic heterocycles. The van der Waals surface area contributed by atoms with Crippen molar-refractivity contribution < 1.29 is 19.4 Å². The average molecular weight is 516 g/mol. The maximum atomic E-state index is 14.3. The van der Waals surface area contributed by atoms with E-state index in [1.165, 1.54) is 4.90 Å². The van der Waals surface area contributed by atoms with Crippen LogP contribution in [0.2, 0.25) is 0 Å². The van der Waals surface area contributed by atoms with E-state index in [2.05, 4.69) is 16.5 Å². The number of likely N-dealkylation sites (tertiary alicyclic amines) is 1. The molecule has 0 saturated carbocycles. The van der Waals surface area contributed by atoms with Crippen LogP contribution < -0.4 is 4.74 Å². The molecule has 1 aliphatic carbocycles. The fraction of sp³-hybridized carbons (Fsp3) is 0.419. The van der Waals surface area contributed by atoms with Crippen molar-refractivity contribution in [2.75, 3.05) is 33.3 Å². The molecule has 200 valence electrons. The van der Waals surface area contributed by atoms with Crippen LogP contribution in [0, 0.1) is 11.3 Å². The lowest BCUT2D eigenvalue weighted by atomic mass is 9.59. The number of carbonyl (C=O) groups excluding carboxylic acids is 2. The third kappa shape index (κ3) is 4.49. The second-order valence-corrected chi connectivity index (χ2v) is 10.9. The van der Waals surface area contributed by atoms with Crippen molar-refractivity contribution in [2.24, 2.45) is 11.3 Å². The van der Waals surface area contributed by atoms with Gasteiger partial charge in [-0.15, -0.1) is 6.58 Å². The summed E-state index contributed by atoms with van der Waals surface area (Å²) in [6, 6.07) is 13.3. The Balaban J connectivity index is 1.64. The van der Waals surface area contributed by atoms with Gasteiger partial charge in [-0.05, 0) is 74.2 Å². The first kappa shape index (κ1) is 26.0. The number of fused-ring (bicyclic) bond motifs is 4. The minimum atomic E-state index is -0.789. The smallest absolute Gasteiger partial charge is 0.235 e. The highest BCUT2D eigenvalue weighted by Gasteiger charge is 2.54. The molecule has 1 fully saturated rings. The monoisotopic (exact) mass is 515 g/mol. The SMILES string of the molecule is C=CCN(C)CCN1C(=O)CCC2[C@H](c3cccc(O)c3)c3[nH]c4ccc(OCC)cc4c3C[C@@]2(C)C1=O. The Morgan fingerprint density at radius 1 is 1.26 bits per heavy atom. The molecule has 1 saturated heterocycles. The zero-order valence-corrected chi connectivity index (χ0v) is 22.5. The van der Waals surface area contributed by atoms with Gasteiger partial charge < -0.3 is 19.7 Å². The number of amides is 2. The molecule has 7 nitrogen and oxygen atoms in total. The molecule has 5 rings (SSSR count). The molecule has 3 atom stereocenters. The summed E-state index contributed by atoms with van der Waals surface area (Å²) in [6.07, 6.45) is 3.26. The summed E-state index contributed by atoms with van der Waals surface area (Å²) in [5, 5.41) is 11.4. The van der Waals surface area contributed by atoms with Crippen LogP contribution in [0.15, 0.2) is 55.1 Å². The number of imide groups is 1. The van der Waals surface area contributed by atoms with Crippen molar-refractivity contribution in [1.29, 1.82) is 0 Å². The number of phenolic OH excluding ortho intramolecular Hbond substituents is 1. The number of ether oxygens (including phenoxy) is 1. The number of hydrogen-bond acceptors (Lipinski definition) is 5. The van der Waals surface area contributed by atoms with Crippen LogP contribution in [-0.4, -0.2) is 65.0 Å². The summed E-state index contributed by atoms with van der Waals surface area (Å²) >= 11 is 0. The molecule has 3 aromatic rings. The lowest BCUT2D eigenvalue weighted by Crippen LogP contribution is -2.51. The highest BCUT2D eigenvalue weighted by atomic mass is 16.5. The van der Waals surface area contributed by atoms with Crippen molar-refractivity contribution in [2.45, 2.75) is 39.0 Å². The fourth-order valence-corrected chi connectivity index (χ4v) is 6.51. The van der Waals surface area contributed by atoms with Gasteiger partial charge in [-0.25, -0.2) is 0 Å². The van der Waals surface area contributed by atoms with E-state index >= 15 is 0 Å². The van der Waals surface area contributed by atoms with E-state index in [4.69, 9.17) is 4.74 Å². The van der Waals surface area contributed by atoms with Crippen molar-refractivity contribution in [3.05, 3.63) is 71.9 Å². The number of benzene rings is 2. The van der Waals surface area contributed by atoms with Gasteiger partial charge in [0, 0.05) is 48.6 Å². The topological polar surface area (TPSA) is 85.9 Å². The number of carbonyl (C=O) groups is 2. The molecule has 38 heavy (non-hydrogen) atoms. The van der Waals surface area contributed by atoms with Gasteiger partial charge in [-0.1, -0.05) is 25.1 Å². The summed E-state index contributed by atoms with van der Waals surface area (Å²) < 4.78 is 5.80. The van der Waals surface area contributed by atoms with Crippen LogP contribution in [0.1, 0.15) is 49.4 Å². The third-order valence-electron chi connectivity index (χ3n) is 8.38. The predicted octanol–water partition coefficient (Wildman–Crippen LogP) is 4.85. The maximum absolute atomic E-state index is 14.3. The van der Waals surface area contributed by atoms with E-state index in [0.717, 1.165) is 33.5 Å². The minimum Gasteiger partial charge on any atom is -0.508 e. The molecule has 2 N–H and O–H groups in total. The quantitative estimate of drug-likeness (QED) is 0.331. The van der Waals surface area contributed by atoms with Crippen LogP contribution in [0.3, 0.4) is 0 Å². The Bertz CT molecular complexity index is 1380. The summed E-state index contributed by atoms with van der Waals surface area (Å²) in [7, 11) is 1.96. The number of H-pyrrole nitrogens is 1. The molecule has 7 heteroatoms. The molecule has 2 aliphatic rings. The first-order valence-electron chi connectivity index (χ1n) is 13.5. The molecular formula is C31H37N3O4. The van der Waals surface area contributed by atoms with Gasteiger partial charge in [0.25, 0.3) is 0 Å². The molecule has 2 heterocycles. The molecular weight excluding hydrogens is 478 g/mol. The summed E-state index contributed by atoms with van der Waals surface area (Å²) in [4.78, 5) is 34.9. The number of nitrogens with zero attached hydrogens (tertiary/aromatic N) is 2. The van der Waals surface area contributed by atoms with Crippen molar-refractivity contribution in [3.8, 4) is 11.5 Å². The normalized spacial score (nSPS) is 23.3. The second-order valence-electron chi connectivity index (χ2n) is 10.9. The van der Waals surface area contributed by atoms with E-state index in [-0.39, 0.29) is 29.4 Å². The highest BCUT2D eigenvalue weighted by molar-refractivity contribution is 6.00. The molecule has 1 aromatic heterocycles. The number of likely N-dealkylation sites (N-methyl/N-ethyl adjacent to an activating group) is 1. The van der Waals surface area contributed by atoms with Gasteiger partial charge in [0.1, 0.15) is 11.5 Å². The lowest BCUT2D eigenvalue weighted by molar-refractivity contribution is -0.151. The van der Waals surface area contributed by atoms with Crippen LogP contribution >= 0.6 is 0 Å². The van der Waals surface area contributed by atoms with Crippen LogP contribution in [0.4, 0.5) is 0 Å². The third-order valence-corrected chi connectivity index (χ3v) is 8.38. The van der Waals surface area contributed by atoms with E-state index in [0.29, 0.717) is 45.5 Å². The van der Waals surface area contributed by atoms with E-state index < -0.39 is 5.41 Å². The first-order chi connectivity index (χ1) is 18.3.